The van der Waals surface area contributed by atoms with E-state index in [1.165, 1.54) is 38.5 Å². The molecule has 102 valence electrons. The Labute approximate surface area is 115 Å². The van der Waals surface area contributed by atoms with E-state index in [2.05, 4.69) is 22.9 Å². The number of hydrogen-bond donors (Lipinski definition) is 0. The van der Waals surface area contributed by atoms with Crippen LogP contribution in [0.25, 0.3) is 0 Å². The van der Waals surface area contributed by atoms with Gasteiger partial charge in [0.1, 0.15) is 0 Å². The quantitative estimate of drug-likeness (QED) is 0.410. The van der Waals surface area contributed by atoms with Crippen molar-refractivity contribution in [3.05, 3.63) is 0 Å². The molecule has 1 amide bonds. The van der Waals surface area contributed by atoms with Crippen molar-refractivity contribution in [3.63, 3.8) is 0 Å². The average molecular weight is 306 g/mol. The molecule has 3 heteroatoms. The van der Waals surface area contributed by atoms with Crippen molar-refractivity contribution in [2.75, 3.05) is 18.4 Å². The van der Waals surface area contributed by atoms with E-state index in [9.17, 15) is 4.79 Å². The van der Waals surface area contributed by atoms with Gasteiger partial charge in [-0.3, -0.25) is 4.79 Å². The molecule has 0 aliphatic rings. The SMILES string of the molecule is CCCCCCCCCC(=O)N(CC)CCBr. The van der Waals surface area contributed by atoms with Gasteiger partial charge in [0.2, 0.25) is 5.91 Å². The maximum atomic E-state index is 11.8. The van der Waals surface area contributed by atoms with Crippen LogP contribution in [0.4, 0.5) is 0 Å². The Balaban J connectivity index is 3.43. The molecule has 0 spiro atoms. The third-order valence-electron chi connectivity index (χ3n) is 3.08. The summed E-state index contributed by atoms with van der Waals surface area (Å²) in [6, 6.07) is 0. The number of halogens is 1. The van der Waals surface area contributed by atoms with E-state index >= 15 is 0 Å². The van der Waals surface area contributed by atoms with Crippen LogP contribution in [-0.2, 0) is 4.79 Å². The Morgan fingerprint density at radius 2 is 1.59 bits per heavy atom. The highest BCUT2D eigenvalue weighted by molar-refractivity contribution is 9.09. The molecule has 0 fully saturated rings. The van der Waals surface area contributed by atoms with E-state index in [1.807, 2.05) is 11.8 Å². The monoisotopic (exact) mass is 305 g/mol. The Bertz CT molecular complexity index is 185. The van der Waals surface area contributed by atoms with Gasteiger partial charge in [0, 0.05) is 24.8 Å². The molecule has 0 saturated carbocycles. The largest absolute Gasteiger partial charge is 0.342 e. The van der Waals surface area contributed by atoms with E-state index in [0.717, 1.165) is 31.3 Å². The zero-order valence-electron chi connectivity index (χ0n) is 11.5. The lowest BCUT2D eigenvalue weighted by atomic mass is 10.1. The van der Waals surface area contributed by atoms with Crippen LogP contribution in [0, 0.1) is 0 Å². The van der Waals surface area contributed by atoms with Gasteiger partial charge >= 0.3 is 0 Å². The molecule has 0 rings (SSSR count). The van der Waals surface area contributed by atoms with Gasteiger partial charge in [0.15, 0.2) is 0 Å². The van der Waals surface area contributed by atoms with Crippen molar-refractivity contribution in [3.8, 4) is 0 Å². The summed E-state index contributed by atoms with van der Waals surface area (Å²) in [6.45, 7) is 5.96. The van der Waals surface area contributed by atoms with Crippen LogP contribution in [-0.4, -0.2) is 29.2 Å². The summed E-state index contributed by atoms with van der Waals surface area (Å²) >= 11 is 3.38. The fraction of sp³-hybridized carbons (Fsp3) is 0.929. The molecular formula is C14H28BrNO. The van der Waals surface area contributed by atoms with Crippen LogP contribution in [0.2, 0.25) is 0 Å². The van der Waals surface area contributed by atoms with Gasteiger partial charge in [-0.15, -0.1) is 0 Å². The predicted molar refractivity (Wildman–Crippen MR) is 78.7 cm³/mol. The highest BCUT2D eigenvalue weighted by atomic mass is 79.9. The molecule has 0 bridgehead atoms. The molecule has 0 radical (unpaired) electrons. The Hall–Kier alpha value is -0.0500. The standard InChI is InChI=1S/C14H28BrNO/c1-3-5-6-7-8-9-10-11-14(17)16(4-2)13-12-15/h3-13H2,1-2H3. The third-order valence-corrected chi connectivity index (χ3v) is 3.44. The van der Waals surface area contributed by atoms with Crippen molar-refractivity contribution in [1.82, 2.24) is 4.90 Å². The van der Waals surface area contributed by atoms with Crippen LogP contribution in [0.5, 0.6) is 0 Å². The highest BCUT2D eigenvalue weighted by Crippen LogP contribution is 2.09. The van der Waals surface area contributed by atoms with E-state index < -0.39 is 0 Å². The predicted octanol–water partition coefficient (Wildman–Crippen LogP) is 4.37. The first kappa shape index (κ1) is 16.9. The molecule has 0 aromatic carbocycles. The Morgan fingerprint density at radius 3 is 2.12 bits per heavy atom. The van der Waals surface area contributed by atoms with Gasteiger partial charge in [-0.05, 0) is 13.3 Å². The van der Waals surface area contributed by atoms with Gasteiger partial charge in [-0.2, -0.15) is 0 Å². The van der Waals surface area contributed by atoms with Crippen LogP contribution in [0.15, 0.2) is 0 Å². The summed E-state index contributed by atoms with van der Waals surface area (Å²) in [5.74, 6) is 0.320. The first-order valence-electron chi connectivity index (χ1n) is 7.10. The zero-order chi connectivity index (χ0) is 12.9. The molecule has 17 heavy (non-hydrogen) atoms. The van der Waals surface area contributed by atoms with Gasteiger partial charge in [-0.25, -0.2) is 0 Å². The van der Waals surface area contributed by atoms with E-state index in [-0.39, 0.29) is 0 Å². The van der Waals surface area contributed by atoms with Crippen molar-refractivity contribution in [1.29, 1.82) is 0 Å². The van der Waals surface area contributed by atoms with E-state index in [0.29, 0.717) is 5.91 Å². The second-order valence-electron chi connectivity index (χ2n) is 4.53. The lowest BCUT2D eigenvalue weighted by molar-refractivity contribution is -0.130. The molecule has 0 heterocycles. The number of rotatable bonds is 11. The Kier molecular flexibility index (Phi) is 12.4. The van der Waals surface area contributed by atoms with Crippen molar-refractivity contribution < 1.29 is 4.79 Å². The molecular weight excluding hydrogens is 278 g/mol. The minimum atomic E-state index is 0.320. The molecule has 0 aromatic rings. The van der Waals surface area contributed by atoms with E-state index in [4.69, 9.17) is 0 Å². The summed E-state index contributed by atoms with van der Waals surface area (Å²) in [7, 11) is 0. The number of carbonyl (C=O) groups is 1. The first-order chi connectivity index (χ1) is 8.26. The number of nitrogens with zero attached hydrogens (tertiary/aromatic N) is 1. The summed E-state index contributed by atoms with van der Waals surface area (Å²) in [6.07, 6.45) is 9.64. The van der Waals surface area contributed by atoms with Crippen molar-refractivity contribution in [2.24, 2.45) is 0 Å². The molecule has 0 aliphatic heterocycles. The first-order valence-corrected chi connectivity index (χ1v) is 8.22. The van der Waals surface area contributed by atoms with E-state index in [1.54, 1.807) is 0 Å². The minimum Gasteiger partial charge on any atom is -0.342 e. The molecule has 0 N–H and O–H groups in total. The zero-order valence-corrected chi connectivity index (χ0v) is 13.1. The maximum absolute atomic E-state index is 11.8. The van der Waals surface area contributed by atoms with Crippen LogP contribution in [0.1, 0.15) is 65.2 Å². The lowest BCUT2D eigenvalue weighted by Gasteiger charge is -2.19. The normalized spacial score (nSPS) is 10.5. The maximum Gasteiger partial charge on any atom is 0.222 e. The molecule has 0 unspecified atom stereocenters. The Morgan fingerprint density at radius 1 is 1.00 bits per heavy atom. The second kappa shape index (κ2) is 12.4. The number of alkyl halides is 1. The van der Waals surface area contributed by atoms with Gasteiger partial charge < -0.3 is 4.90 Å². The van der Waals surface area contributed by atoms with Crippen molar-refractivity contribution in [2.45, 2.75) is 65.2 Å². The summed E-state index contributed by atoms with van der Waals surface area (Å²) in [5.41, 5.74) is 0. The fourth-order valence-electron chi connectivity index (χ4n) is 1.95. The second-order valence-corrected chi connectivity index (χ2v) is 5.33. The highest BCUT2D eigenvalue weighted by Gasteiger charge is 2.09. The smallest absolute Gasteiger partial charge is 0.222 e. The average Bonchev–Trinajstić information content (AvgIpc) is 2.34. The lowest BCUT2D eigenvalue weighted by Crippen LogP contribution is -2.32. The van der Waals surface area contributed by atoms with Crippen molar-refractivity contribution >= 4 is 21.8 Å². The molecule has 0 aromatic heterocycles. The van der Waals surface area contributed by atoms with Crippen LogP contribution < -0.4 is 0 Å². The molecule has 0 atom stereocenters. The number of amides is 1. The minimum absolute atomic E-state index is 0.320. The van der Waals surface area contributed by atoms with Crippen LogP contribution in [0.3, 0.4) is 0 Å². The summed E-state index contributed by atoms with van der Waals surface area (Å²) in [5, 5.41) is 0.879. The molecule has 0 aliphatic carbocycles. The number of hydrogen-bond acceptors (Lipinski definition) is 1. The summed E-state index contributed by atoms with van der Waals surface area (Å²) < 4.78 is 0. The van der Waals surface area contributed by atoms with Crippen LogP contribution >= 0.6 is 15.9 Å². The molecule has 0 saturated heterocycles. The third kappa shape index (κ3) is 9.63. The fourth-order valence-corrected chi connectivity index (χ4v) is 2.38. The summed E-state index contributed by atoms with van der Waals surface area (Å²) in [4.78, 5) is 13.7. The van der Waals surface area contributed by atoms with Gasteiger partial charge in [0.25, 0.3) is 0 Å². The molecule has 2 nitrogen and oxygen atoms in total. The number of carbonyl (C=O) groups excluding carboxylic acids is 1. The van der Waals surface area contributed by atoms with Gasteiger partial charge in [0.05, 0.1) is 0 Å². The van der Waals surface area contributed by atoms with Gasteiger partial charge in [-0.1, -0.05) is 61.4 Å². The topological polar surface area (TPSA) is 20.3 Å². The number of unbranched alkanes of at least 4 members (excludes halogenated alkanes) is 6.